The molecule has 10 heteroatoms. The number of hydrogen-bond acceptors (Lipinski definition) is 5. The molecule has 0 aliphatic rings. The van der Waals surface area contributed by atoms with Crippen LogP contribution in [0.4, 0.5) is 22.0 Å². The molecule has 1 aromatic heterocycles. The maximum Gasteiger partial charge on any atom is 0.573 e. The number of halogens is 5. The van der Waals surface area contributed by atoms with Gasteiger partial charge in [-0.05, 0) is 0 Å². The van der Waals surface area contributed by atoms with E-state index in [1.54, 1.807) is 0 Å². The van der Waals surface area contributed by atoms with Crippen LogP contribution in [0.1, 0.15) is 28.0 Å². The third-order valence-corrected chi connectivity index (χ3v) is 2.20. The van der Waals surface area contributed by atoms with Gasteiger partial charge < -0.3 is 15.2 Å². The molecular weight excluding hydrogens is 291 g/mol. The molecule has 0 saturated heterocycles. The Hall–Kier alpha value is -1.97. The van der Waals surface area contributed by atoms with E-state index in [0.717, 1.165) is 7.11 Å². The van der Waals surface area contributed by atoms with Crippen LogP contribution in [0, 0.1) is 0 Å². The summed E-state index contributed by atoms with van der Waals surface area (Å²) in [7, 11) is 0.966. The number of nitrogens with two attached hydrogens (primary N) is 1. The number of alkyl halides is 5. The van der Waals surface area contributed by atoms with Gasteiger partial charge in [0.25, 0.3) is 6.43 Å². The summed E-state index contributed by atoms with van der Waals surface area (Å²) in [5, 5.41) is 0. The molecule has 0 amide bonds. The SMILES string of the molecule is COC(=O)c1cnc(C(F)F)c(OC(F)(F)F)c1CN. The molecule has 112 valence electrons. The maximum atomic E-state index is 12.7. The lowest BCUT2D eigenvalue weighted by Gasteiger charge is -2.17. The van der Waals surface area contributed by atoms with E-state index in [-0.39, 0.29) is 0 Å². The van der Waals surface area contributed by atoms with Crippen LogP contribution in [-0.2, 0) is 11.3 Å². The predicted octanol–water partition coefficient (Wildman–Crippen LogP) is 2.16. The summed E-state index contributed by atoms with van der Waals surface area (Å²) >= 11 is 0. The smallest absolute Gasteiger partial charge is 0.465 e. The predicted molar refractivity (Wildman–Crippen MR) is 55.1 cm³/mol. The molecule has 20 heavy (non-hydrogen) atoms. The summed E-state index contributed by atoms with van der Waals surface area (Å²) in [6.07, 6.45) is -7.90. The van der Waals surface area contributed by atoms with Gasteiger partial charge in [-0.25, -0.2) is 13.6 Å². The van der Waals surface area contributed by atoms with Gasteiger partial charge in [0.15, 0.2) is 5.75 Å². The topological polar surface area (TPSA) is 74.4 Å². The molecule has 1 rings (SSSR count). The van der Waals surface area contributed by atoms with Gasteiger partial charge in [-0.3, -0.25) is 4.98 Å². The van der Waals surface area contributed by atoms with E-state index in [4.69, 9.17) is 5.73 Å². The summed E-state index contributed by atoms with van der Waals surface area (Å²) < 4.78 is 70.0. The van der Waals surface area contributed by atoms with Crippen molar-refractivity contribution in [1.29, 1.82) is 0 Å². The zero-order valence-corrected chi connectivity index (χ0v) is 10.0. The van der Waals surface area contributed by atoms with Gasteiger partial charge in [0.05, 0.1) is 12.7 Å². The largest absolute Gasteiger partial charge is 0.573 e. The second-order valence-electron chi connectivity index (χ2n) is 3.41. The molecule has 5 nitrogen and oxygen atoms in total. The van der Waals surface area contributed by atoms with Gasteiger partial charge in [0.1, 0.15) is 5.69 Å². The second kappa shape index (κ2) is 5.99. The summed E-state index contributed by atoms with van der Waals surface area (Å²) in [5.74, 6) is -2.34. The molecular formula is C10H9F5N2O3. The molecule has 1 aromatic rings. The number of carbonyl (C=O) groups is 1. The first-order chi connectivity index (χ1) is 9.21. The highest BCUT2D eigenvalue weighted by atomic mass is 19.4. The number of pyridine rings is 1. The standard InChI is InChI=1S/C10H9F5N2O3/c1-19-9(18)5-3-17-6(8(11)12)7(4(5)2-16)20-10(13,14)15/h3,8H,2,16H2,1H3. The van der Waals surface area contributed by atoms with Crippen molar-refractivity contribution in [3.63, 3.8) is 0 Å². The van der Waals surface area contributed by atoms with Gasteiger partial charge in [-0.2, -0.15) is 0 Å². The fourth-order valence-electron chi connectivity index (χ4n) is 1.42. The molecule has 0 aliphatic carbocycles. The van der Waals surface area contributed by atoms with Crippen LogP contribution in [0.15, 0.2) is 6.20 Å². The van der Waals surface area contributed by atoms with Crippen LogP contribution in [0.3, 0.4) is 0 Å². The number of aromatic nitrogens is 1. The first-order valence-electron chi connectivity index (χ1n) is 5.05. The first kappa shape index (κ1) is 16.1. The van der Waals surface area contributed by atoms with Crippen LogP contribution in [-0.4, -0.2) is 24.4 Å². The second-order valence-corrected chi connectivity index (χ2v) is 3.41. The highest BCUT2D eigenvalue weighted by Crippen LogP contribution is 2.36. The molecule has 0 bridgehead atoms. The molecule has 0 unspecified atom stereocenters. The van der Waals surface area contributed by atoms with Crippen molar-refractivity contribution in [3.8, 4) is 5.75 Å². The Morgan fingerprint density at radius 3 is 2.45 bits per heavy atom. The Balaban J connectivity index is 3.50. The molecule has 0 radical (unpaired) electrons. The van der Waals surface area contributed by atoms with E-state index in [2.05, 4.69) is 14.5 Å². The van der Waals surface area contributed by atoms with Crippen LogP contribution in [0.2, 0.25) is 0 Å². The van der Waals surface area contributed by atoms with Gasteiger partial charge in [0, 0.05) is 18.3 Å². The van der Waals surface area contributed by atoms with E-state index in [1.165, 1.54) is 0 Å². The molecule has 0 aliphatic heterocycles. The average Bonchev–Trinajstić information content (AvgIpc) is 2.34. The average molecular weight is 300 g/mol. The van der Waals surface area contributed by atoms with Crippen LogP contribution in [0.25, 0.3) is 0 Å². The first-order valence-corrected chi connectivity index (χ1v) is 5.05. The van der Waals surface area contributed by atoms with Crippen molar-refractivity contribution in [3.05, 3.63) is 23.0 Å². The minimum atomic E-state index is -5.23. The fourth-order valence-corrected chi connectivity index (χ4v) is 1.42. The number of carbonyl (C=O) groups excluding carboxylic acids is 1. The van der Waals surface area contributed by atoms with Gasteiger partial charge in [-0.15, -0.1) is 13.2 Å². The molecule has 0 fully saturated rings. The lowest BCUT2D eigenvalue weighted by Crippen LogP contribution is -2.22. The Labute approximate surface area is 109 Å². The summed E-state index contributed by atoms with van der Waals surface area (Å²) in [6.45, 7) is -0.641. The van der Waals surface area contributed by atoms with Crippen molar-refractivity contribution < 1.29 is 36.2 Å². The van der Waals surface area contributed by atoms with Crippen LogP contribution >= 0.6 is 0 Å². The number of esters is 1. The van der Waals surface area contributed by atoms with E-state index in [1.807, 2.05) is 0 Å². The number of hydrogen-bond donors (Lipinski definition) is 1. The summed E-state index contributed by atoms with van der Waals surface area (Å²) in [4.78, 5) is 14.5. The van der Waals surface area contributed by atoms with E-state index < -0.39 is 47.9 Å². The van der Waals surface area contributed by atoms with Crippen LogP contribution in [0.5, 0.6) is 5.75 Å². The number of ether oxygens (including phenoxy) is 2. The monoisotopic (exact) mass is 300 g/mol. The van der Waals surface area contributed by atoms with E-state index >= 15 is 0 Å². The molecule has 1 heterocycles. The van der Waals surface area contributed by atoms with Crippen molar-refractivity contribution in [2.75, 3.05) is 7.11 Å². The highest BCUT2D eigenvalue weighted by molar-refractivity contribution is 5.91. The lowest BCUT2D eigenvalue weighted by molar-refractivity contribution is -0.275. The Morgan fingerprint density at radius 1 is 1.45 bits per heavy atom. The van der Waals surface area contributed by atoms with Crippen molar-refractivity contribution in [1.82, 2.24) is 4.98 Å². The minimum Gasteiger partial charge on any atom is -0.465 e. The van der Waals surface area contributed by atoms with Crippen molar-refractivity contribution in [2.45, 2.75) is 19.3 Å². The zero-order chi connectivity index (χ0) is 15.5. The molecule has 0 atom stereocenters. The van der Waals surface area contributed by atoms with E-state index in [9.17, 15) is 26.7 Å². The Morgan fingerprint density at radius 2 is 2.05 bits per heavy atom. The zero-order valence-electron chi connectivity index (χ0n) is 10.0. The Bertz CT molecular complexity index is 504. The summed E-state index contributed by atoms with van der Waals surface area (Å²) in [5.41, 5.74) is 2.92. The van der Waals surface area contributed by atoms with Gasteiger partial charge in [-0.1, -0.05) is 0 Å². The third-order valence-electron chi connectivity index (χ3n) is 2.20. The number of rotatable bonds is 4. The molecule has 2 N–H and O–H groups in total. The summed E-state index contributed by atoms with van der Waals surface area (Å²) in [6, 6.07) is 0. The lowest BCUT2D eigenvalue weighted by atomic mass is 10.1. The minimum absolute atomic E-state index is 0.473. The van der Waals surface area contributed by atoms with E-state index in [0.29, 0.717) is 6.20 Å². The fraction of sp³-hybridized carbons (Fsp3) is 0.400. The maximum absolute atomic E-state index is 12.7. The van der Waals surface area contributed by atoms with Gasteiger partial charge in [0.2, 0.25) is 0 Å². The highest BCUT2D eigenvalue weighted by Gasteiger charge is 2.36. The Kier molecular flexibility index (Phi) is 4.82. The normalized spacial score (nSPS) is 11.6. The molecule has 0 saturated carbocycles. The quantitative estimate of drug-likeness (QED) is 0.681. The molecule has 0 spiro atoms. The van der Waals surface area contributed by atoms with Crippen LogP contribution < -0.4 is 10.5 Å². The van der Waals surface area contributed by atoms with Crippen molar-refractivity contribution in [2.24, 2.45) is 5.73 Å². The third kappa shape index (κ3) is 3.53. The van der Waals surface area contributed by atoms with Crippen molar-refractivity contribution >= 4 is 5.97 Å². The molecule has 0 aromatic carbocycles. The number of methoxy groups -OCH3 is 1. The van der Waals surface area contributed by atoms with Gasteiger partial charge >= 0.3 is 12.3 Å². The number of nitrogens with zero attached hydrogens (tertiary/aromatic N) is 1.